The van der Waals surface area contributed by atoms with Crippen LogP contribution >= 0.6 is 22.6 Å². The average molecular weight is 305 g/mol. The first kappa shape index (κ1) is 11.9. The topological polar surface area (TPSA) is 46.2 Å². The minimum atomic E-state index is -0.477. The minimum absolute atomic E-state index is 0.185. The molecule has 3 heteroatoms. The third-order valence-corrected chi connectivity index (χ3v) is 3.03. The minimum Gasteiger partial charge on any atom is -0.391 e. The Kier molecular flexibility index (Phi) is 4.34. The maximum absolute atomic E-state index is 9.79. The van der Waals surface area contributed by atoms with E-state index in [2.05, 4.69) is 22.6 Å². The number of aliphatic hydroxyl groups is 1. The molecule has 3 N–H and O–H groups in total. The van der Waals surface area contributed by atoms with Crippen LogP contribution < -0.4 is 5.73 Å². The molecule has 0 radical (unpaired) electrons. The summed E-state index contributed by atoms with van der Waals surface area (Å²) in [4.78, 5) is 0. The van der Waals surface area contributed by atoms with E-state index in [0.29, 0.717) is 0 Å². The lowest BCUT2D eigenvalue weighted by Gasteiger charge is -2.22. The van der Waals surface area contributed by atoms with Gasteiger partial charge in [0.25, 0.3) is 0 Å². The van der Waals surface area contributed by atoms with Gasteiger partial charge in [-0.2, -0.15) is 0 Å². The van der Waals surface area contributed by atoms with Crippen molar-refractivity contribution in [3.05, 3.63) is 33.4 Å². The molecule has 0 heterocycles. The van der Waals surface area contributed by atoms with Crippen LogP contribution in [0.3, 0.4) is 0 Å². The molecule has 0 fully saturated rings. The second kappa shape index (κ2) is 5.09. The molecule has 0 spiro atoms. The summed E-state index contributed by atoms with van der Waals surface area (Å²) in [6.07, 6.45) is -0.477. The number of benzene rings is 1. The zero-order valence-electron chi connectivity index (χ0n) is 8.44. The standard InChI is InChI=1S/C11H16INO/c1-7(2)11(14)10(13)8-3-5-9(12)6-4-8/h3-7,10-11,14H,13H2,1-2H3/t10-,11+/m1/s1. The Morgan fingerprint density at radius 1 is 1.21 bits per heavy atom. The molecular weight excluding hydrogens is 289 g/mol. The highest BCUT2D eigenvalue weighted by atomic mass is 127. The van der Waals surface area contributed by atoms with E-state index in [9.17, 15) is 5.11 Å². The van der Waals surface area contributed by atoms with E-state index in [-0.39, 0.29) is 12.0 Å². The second-order valence-corrected chi connectivity index (χ2v) is 5.06. The molecule has 0 unspecified atom stereocenters. The normalized spacial score (nSPS) is 15.6. The summed E-state index contributed by atoms with van der Waals surface area (Å²) >= 11 is 2.25. The van der Waals surface area contributed by atoms with Crippen molar-refractivity contribution >= 4 is 22.6 Å². The second-order valence-electron chi connectivity index (χ2n) is 3.81. The molecule has 0 saturated heterocycles. The number of hydrogen-bond acceptors (Lipinski definition) is 2. The van der Waals surface area contributed by atoms with Crippen LogP contribution in [0.5, 0.6) is 0 Å². The number of aliphatic hydroxyl groups excluding tert-OH is 1. The van der Waals surface area contributed by atoms with E-state index in [4.69, 9.17) is 5.73 Å². The molecule has 2 atom stereocenters. The van der Waals surface area contributed by atoms with Crippen molar-refractivity contribution in [3.8, 4) is 0 Å². The third-order valence-electron chi connectivity index (χ3n) is 2.31. The molecule has 14 heavy (non-hydrogen) atoms. The van der Waals surface area contributed by atoms with Crippen LogP contribution in [-0.2, 0) is 0 Å². The number of rotatable bonds is 3. The van der Waals surface area contributed by atoms with E-state index in [1.807, 2.05) is 38.1 Å². The van der Waals surface area contributed by atoms with Crippen LogP contribution in [0.4, 0.5) is 0 Å². The summed E-state index contributed by atoms with van der Waals surface area (Å²) in [5, 5.41) is 9.79. The van der Waals surface area contributed by atoms with E-state index in [1.165, 1.54) is 3.57 Å². The van der Waals surface area contributed by atoms with Crippen LogP contribution in [0.15, 0.2) is 24.3 Å². The van der Waals surface area contributed by atoms with Gasteiger partial charge in [0.05, 0.1) is 12.1 Å². The molecule has 0 aromatic heterocycles. The summed E-state index contributed by atoms with van der Waals surface area (Å²) in [6, 6.07) is 7.66. The van der Waals surface area contributed by atoms with Gasteiger partial charge < -0.3 is 10.8 Å². The Labute approximate surface area is 98.7 Å². The fraction of sp³-hybridized carbons (Fsp3) is 0.455. The molecule has 2 nitrogen and oxygen atoms in total. The van der Waals surface area contributed by atoms with Crippen molar-refractivity contribution in [2.45, 2.75) is 26.0 Å². The Balaban J connectivity index is 2.78. The highest BCUT2D eigenvalue weighted by Gasteiger charge is 2.19. The molecule has 0 saturated carbocycles. The van der Waals surface area contributed by atoms with E-state index in [1.54, 1.807) is 0 Å². The summed E-state index contributed by atoms with van der Waals surface area (Å²) in [7, 11) is 0. The Hall–Kier alpha value is -0.130. The molecular formula is C11H16INO. The summed E-state index contributed by atoms with van der Waals surface area (Å²) < 4.78 is 1.18. The van der Waals surface area contributed by atoms with E-state index >= 15 is 0 Å². The van der Waals surface area contributed by atoms with Crippen LogP contribution in [0.2, 0.25) is 0 Å². The third kappa shape index (κ3) is 2.93. The average Bonchev–Trinajstić information content (AvgIpc) is 2.16. The van der Waals surface area contributed by atoms with Crippen molar-refractivity contribution in [3.63, 3.8) is 0 Å². The van der Waals surface area contributed by atoms with Crippen molar-refractivity contribution < 1.29 is 5.11 Å². The van der Waals surface area contributed by atoms with Gasteiger partial charge in [0.2, 0.25) is 0 Å². The smallest absolute Gasteiger partial charge is 0.0755 e. The molecule has 0 aliphatic rings. The number of halogens is 1. The molecule has 1 aromatic rings. The van der Waals surface area contributed by atoms with Gasteiger partial charge in [-0.1, -0.05) is 26.0 Å². The molecule has 0 aliphatic heterocycles. The van der Waals surface area contributed by atoms with Crippen LogP contribution in [0, 0.1) is 9.49 Å². The molecule has 0 amide bonds. The predicted molar refractivity (Wildman–Crippen MR) is 66.9 cm³/mol. The van der Waals surface area contributed by atoms with Crippen molar-refractivity contribution in [1.82, 2.24) is 0 Å². The Morgan fingerprint density at radius 3 is 2.14 bits per heavy atom. The molecule has 1 aromatic carbocycles. The van der Waals surface area contributed by atoms with Gasteiger partial charge in [-0.3, -0.25) is 0 Å². The predicted octanol–water partition coefficient (Wildman–Crippen LogP) is 2.31. The highest BCUT2D eigenvalue weighted by molar-refractivity contribution is 14.1. The fourth-order valence-corrected chi connectivity index (χ4v) is 1.66. The van der Waals surface area contributed by atoms with Crippen molar-refractivity contribution in [1.29, 1.82) is 0 Å². The quantitative estimate of drug-likeness (QED) is 0.842. The fourth-order valence-electron chi connectivity index (χ4n) is 1.30. The lowest BCUT2D eigenvalue weighted by molar-refractivity contribution is 0.0979. The van der Waals surface area contributed by atoms with E-state index in [0.717, 1.165) is 5.56 Å². The van der Waals surface area contributed by atoms with Gasteiger partial charge in [-0.15, -0.1) is 0 Å². The summed E-state index contributed by atoms with van der Waals surface area (Å²) in [5.41, 5.74) is 6.93. The zero-order chi connectivity index (χ0) is 10.7. The summed E-state index contributed by atoms with van der Waals surface area (Å²) in [5.74, 6) is 0.185. The first-order valence-corrected chi connectivity index (χ1v) is 5.79. The molecule has 0 bridgehead atoms. The zero-order valence-corrected chi connectivity index (χ0v) is 10.6. The molecule has 1 rings (SSSR count). The molecule has 78 valence electrons. The SMILES string of the molecule is CC(C)[C@H](O)[C@H](N)c1ccc(I)cc1. The Bertz CT molecular complexity index is 284. The lowest BCUT2D eigenvalue weighted by atomic mass is 9.95. The van der Waals surface area contributed by atoms with Gasteiger partial charge >= 0.3 is 0 Å². The maximum atomic E-state index is 9.79. The van der Waals surface area contributed by atoms with Crippen molar-refractivity contribution in [2.24, 2.45) is 11.7 Å². The first-order chi connectivity index (χ1) is 6.52. The van der Waals surface area contributed by atoms with Gasteiger partial charge in [0, 0.05) is 3.57 Å². The lowest BCUT2D eigenvalue weighted by Crippen LogP contribution is -2.30. The van der Waals surface area contributed by atoms with Crippen LogP contribution in [0.25, 0.3) is 0 Å². The monoisotopic (exact) mass is 305 g/mol. The number of hydrogen-bond donors (Lipinski definition) is 2. The van der Waals surface area contributed by atoms with Gasteiger partial charge in [0.1, 0.15) is 0 Å². The van der Waals surface area contributed by atoms with Gasteiger partial charge in [-0.05, 0) is 46.2 Å². The summed E-state index contributed by atoms with van der Waals surface area (Å²) in [6.45, 7) is 3.94. The molecule has 0 aliphatic carbocycles. The van der Waals surface area contributed by atoms with E-state index < -0.39 is 6.10 Å². The number of nitrogens with two attached hydrogens (primary N) is 1. The maximum Gasteiger partial charge on any atom is 0.0755 e. The highest BCUT2D eigenvalue weighted by Crippen LogP contribution is 2.20. The largest absolute Gasteiger partial charge is 0.391 e. The Morgan fingerprint density at radius 2 is 1.71 bits per heavy atom. The van der Waals surface area contributed by atoms with Crippen LogP contribution in [-0.4, -0.2) is 11.2 Å². The van der Waals surface area contributed by atoms with Crippen LogP contribution in [0.1, 0.15) is 25.5 Å². The van der Waals surface area contributed by atoms with Gasteiger partial charge in [0.15, 0.2) is 0 Å². The first-order valence-electron chi connectivity index (χ1n) is 4.71. The van der Waals surface area contributed by atoms with Gasteiger partial charge in [-0.25, -0.2) is 0 Å². The van der Waals surface area contributed by atoms with Crippen molar-refractivity contribution in [2.75, 3.05) is 0 Å².